The third kappa shape index (κ3) is 1.32. The van der Waals surface area contributed by atoms with Gasteiger partial charge in [-0.25, -0.2) is 9.18 Å². The lowest BCUT2D eigenvalue weighted by Gasteiger charge is -2.28. The molecule has 0 aromatic heterocycles. The van der Waals surface area contributed by atoms with E-state index < -0.39 is 17.5 Å². The van der Waals surface area contributed by atoms with Gasteiger partial charge in [0.25, 0.3) is 0 Å². The fourth-order valence-electron chi connectivity index (χ4n) is 1.33. The van der Waals surface area contributed by atoms with Gasteiger partial charge in [0.2, 0.25) is 5.56 Å². The third-order valence-corrected chi connectivity index (χ3v) is 2.40. The Balaban J connectivity index is 2.56. The summed E-state index contributed by atoms with van der Waals surface area (Å²) in [5.41, 5.74) is 0.200. The van der Waals surface area contributed by atoms with E-state index in [0.717, 1.165) is 0 Å². The van der Waals surface area contributed by atoms with Gasteiger partial charge in [-0.15, -0.1) is 0 Å². The van der Waals surface area contributed by atoms with Crippen molar-refractivity contribution in [2.24, 2.45) is 0 Å². The Morgan fingerprint density at radius 2 is 2.29 bits per heavy atom. The second-order valence-corrected chi connectivity index (χ2v) is 3.36. The summed E-state index contributed by atoms with van der Waals surface area (Å²) < 4.78 is 17.7. The van der Waals surface area contributed by atoms with Crippen LogP contribution in [-0.2, 0) is 4.74 Å². The van der Waals surface area contributed by atoms with Gasteiger partial charge in [-0.2, -0.15) is 0 Å². The lowest BCUT2D eigenvalue weighted by Crippen LogP contribution is -2.32. The van der Waals surface area contributed by atoms with Crippen molar-refractivity contribution in [2.45, 2.75) is 5.56 Å². The third-order valence-electron chi connectivity index (χ3n) is 2.08. The van der Waals surface area contributed by atoms with Gasteiger partial charge in [-0.1, -0.05) is 11.6 Å². The van der Waals surface area contributed by atoms with Crippen LogP contribution in [0.2, 0.25) is 0 Å². The molecule has 0 bridgehead atoms. The summed E-state index contributed by atoms with van der Waals surface area (Å²) >= 11 is 5.77. The van der Waals surface area contributed by atoms with Crippen molar-refractivity contribution in [3.8, 4) is 0 Å². The van der Waals surface area contributed by atoms with Gasteiger partial charge < -0.3 is 4.74 Å². The molecule has 0 saturated carbocycles. The molecule has 2 rings (SSSR count). The Labute approximate surface area is 85.0 Å². The highest BCUT2D eigenvalue weighted by molar-refractivity contribution is 6.21. The molecule has 0 fully saturated rings. The summed E-state index contributed by atoms with van der Waals surface area (Å²) in [6, 6.07) is 4.04. The number of benzene rings is 1. The SMILES string of the molecule is CN1C(=O)OC(Cl)c2ccc(F)cc21. The zero-order valence-corrected chi connectivity index (χ0v) is 8.08. The average molecular weight is 216 g/mol. The number of anilines is 1. The highest BCUT2D eigenvalue weighted by Gasteiger charge is 2.29. The first-order chi connectivity index (χ1) is 6.59. The van der Waals surface area contributed by atoms with E-state index >= 15 is 0 Å². The first kappa shape index (κ1) is 9.27. The molecule has 1 aromatic carbocycles. The quantitative estimate of drug-likeness (QED) is 0.623. The molecule has 1 heterocycles. The summed E-state index contributed by atoms with van der Waals surface area (Å²) in [6.07, 6.45) is -0.580. The predicted octanol–water partition coefficient (Wildman–Crippen LogP) is 2.65. The van der Waals surface area contributed by atoms with Crippen LogP contribution in [0.1, 0.15) is 11.1 Å². The highest BCUT2D eigenvalue weighted by Crippen LogP contribution is 2.36. The zero-order chi connectivity index (χ0) is 10.3. The molecule has 0 spiro atoms. The molecule has 1 amide bonds. The van der Waals surface area contributed by atoms with Crippen LogP contribution in [0.3, 0.4) is 0 Å². The smallest absolute Gasteiger partial charge is 0.415 e. The molecular weight excluding hydrogens is 209 g/mol. The first-order valence-electron chi connectivity index (χ1n) is 3.97. The van der Waals surface area contributed by atoms with E-state index in [9.17, 15) is 9.18 Å². The fraction of sp³-hybridized carbons (Fsp3) is 0.222. The van der Waals surface area contributed by atoms with E-state index in [-0.39, 0.29) is 0 Å². The van der Waals surface area contributed by atoms with E-state index in [1.54, 1.807) is 0 Å². The molecule has 1 aromatic rings. The number of rotatable bonds is 0. The molecule has 14 heavy (non-hydrogen) atoms. The summed E-state index contributed by atoms with van der Waals surface area (Å²) in [7, 11) is 1.50. The van der Waals surface area contributed by atoms with Gasteiger partial charge in [0.05, 0.1) is 5.69 Å². The van der Waals surface area contributed by atoms with Crippen molar-refractivity contribution < 1.29 is 13.9 Å². The number of cyclic esters (lactones) is 1. The zero-order valence-electron chi connectivity index (χ0n) is 7.33. The highest BCUT2D eigenvalue weighted by atomic mass is 35.5. The Bertz CT molecular complexity index is 396. The number of halogens is 2. The van der Waals surface area contributed by atoms with Crippen molar-refractivity contribution in [3.05, 3.63) is 29.6 Å². The monoisotopic (exact) mass is 215 g/mol. The number of alkyl halides is 1. The minimum Gasteiger partial charge on any atom is -0.425 e. The minimum absolute atomic E-state index is 0.408. The topological polar surface area (TPSA) is 29.5 Å². The maximum absolute atomic E-state index is 12.9. The summed E-state index contributed by atoms with van der Waals surface area (Å²) in [4.78, 5) is 12.4. The second kappa shape index (κ2) is 3.13. The molecule has 0 N–H and O–H groups in total. The van der Waals surface area contributed by atoms with Gasteiger partial charge in [0.15, 0.2) is 0 Å². The number of fused-ring (bicyclic) bond motifs is 1. The fourth-order valence-corrected chi connectivity index (χ4v) is 1.59. The maximum Gasteiger partial charge on any atom is 0.415 e. The molecule has 0 aliphatic carbocycles. The number of amides is 1. The van der Waals surface area contributed by atoms with Crippen LogP contribution in [0.25, 0.3) is 0 Å². The van der Waals surface area contributed by atoms with Gasteiger partial charge in [-0.3, -0.25) is 4.90 Å². The normalized spacial score (nSPS) is 20.4. The molecule has 0 radical (unpaired) electrons. The number of nitrogens with zero attached hydrogens (tertiary/aromatic N) is 1. The maximum atomic E-state index is 12.9. The van der Waals surface area contributed by atoms with Crippen LogP contribution >= 0.6 is 11.6 Å². The van der Waals surface area contributed by atoms with Crippen LogP contribution < -0.4 is 4.90 Å². The van der Waals surface area contributed by atoms with Crippen molar-refractivity contribution in [1.29, 1.82) is 0 Å². The number of carbonyl (C=O) groups is 1. The molecule has 3 nitrogen and oxygen atoms in total. The Morgan fingerprint density at radius 3 is 3.00 bits per heavy atom. The van der Waals surface area contributed by atoms with Crippen molar-refractivity contribution >= 4 is 23.4 Å². The predicted molar refractivity (Wildman–Crippen MR) is 49.9 cm³/mol. The van der Waals surface area contributed by atoms with E-state index in [2.05, 4.69) is 0 Å². The van der Waals surface area contributed by atoms with Crippen LogP contribution in [0.5, 0.6) is 0 Å². The number of ether oxygens (including phenoxy) is 1. The second-order valence-electron chi connectivity index (χ2n) is 2.96. The van der Waals surface area contributed by atoms with Gasteiger partial charge >= 0.3 is 6.09 Å². The van der Waals surface area contributed by atoms with Gasteiger partial charge in [-0.05, 0) is 18.2 Å². The Morgan fingerprint density at radius 1 is 1.57 bits per heavy atom. The molecule has 0 saturated heterocycles. The Hall–Kier alpha value is -1.29. The largest absolute Gasteiger partial charge is 0.425 e. The lowest BCUT2D eigenvalue weighted by molar-refractivity contribution is 0.136. The van der Waals surface area contributed by atoms with Crippen LogP contribution in [0.4, 0.5) is 14.9 Å². The molecule has 1 atom stereocenters. The van der Waals surface area contributed by atoms with E-state index in [4.69, 9.17) is 16.3 Å². The molecule has 1 unspecified atom stereocenters. The lowest BCUT2D eigenvalue weighted by atomic mass is 10.1. The molecule has 5 heteroatoms. The van der Waals surface area contributed by atoms with Crippen molar-refractivity contribution in [2.75, 3.05) is 11.9 Å². The number of hydrogen-bond acceptors (Lipinski definition) is 2. The van der Waals surface area contributed by atoms with E-state index in [1.807, 2.05) is 0 Å². The van der Waals surface area contributed by atoms with Gasteiger partial charge in [0, 0.05) is 12.6 Å². The van der Waals surface area contributed by atoms with E-state index in [1.165, 1.54) is 30.1 Å². The van der Waals surface area contributed by atoms with Gasteiger partial charge in [0.1, 0.15) is 5.82 Å². The molecule has 1 aliphatic rings. The molecular formula is C9H7ClFNO2. The number of carbonyl (C=O) groups excluding carboxylic acids is 1. The number of hydrogen-bond donors (Lipinski definition) is 0. The van der Waals surface area contributed by atoms with Crippen LogP contribution in [-0.4, -0.2) is 13.1 Å². The van der Waals surface area contributed by atoms with Crippen molar-refractivity contribution in [1.82, 2.24) is 0 Å². The van der Waals surface area contributed by atoms with Crippen LogP contribution in [0, 0.1) is 5.82 Å². The summed E-state index contributed by atoms with van der Waals surface area (Å²) in [5.74, 6) is -0.408. The van der Waals surface area contributed by atoms with Crippen molar-refractivity contribution in [3.63, 3.8) is 0 Å². The standard InChI is InChI=1S/C9H7ClFNO2/c1-12-7-4-5(11)2-3-6(7)8(10)14-9(12)13/h2-4,8H,1H3. The Kier molecular flexibility index (Phi) is 2.07. The first-order valence-corrected chi connectivity index (χ1v) is 4.41. The molecule has 1 aliphatic heterocycles. The van der Waals surface area contributed by atoms with E-state index in [0.29, 0.717) is 11.3 Å². The minimum atomic E-state index is -0.839. The van der Waals surface area contributed by atoms with Crippen LogP contribution in [0.15, 0.2) is 18.2 Å². The molecule has 74 valence electrons. The average Bonchev–Trinajstić information content (AvgIpc) is 2.14. The summed E-state index contributed by atoms with van der Waals surface area (Å²) in [5, 5.41) is 0. The summed E-state index contributed by atoms with van der Waals surface area (Å²) in [6.45, 7) is 0.